The molecular formula is C11H8F2N4O2S. The Hall–Kier alpha value is -2.42. The number of benzene rings is 1. The van der Waals surface area contributed by atoms with E-state index in [2.05, 4.69) is 20.8 Å². The van der Waals surface area contributed by atoms with Gasteiger partial charge in [-0.15, -0.1) is 10.2 Å². The van der Waals surface area contributed by atoms with E-state index in [4.69, 9.17) is 0 Å². The van der Waals surface area contributed by atoms with Crippen LogP contribution in [0.3, 0.4) is 0 Å². The molecule has 2 amide bonds. The van der Waals surface area contributed by atoms with Crippen molar-refractivity contribution in [3.8, 4) is 0 Å². The fourth-order valence-electron chi connectivity index (χ4n) is 1.31. The number of amides is 2. The predicted octanol–water partition coefficient (Wildman–Crippen LogP) is 1.70. The minimum atomic E-state index is -1.07. The third kappa shape index (κ3) is 3.54. The summed E-state index contributed by atoms with van der Waals surface area (Å²) < 4.78 is 25.8. The van der Waals surface area contributed by atoms with E-state index in [-0.39, 0.29) is 10.8 Å². The SMILES string of the molecule is Cc1nnc(NC(=O)C(=O)Nc2cc(F)cc(F)c2)s1. The summed E-state index contributed by atoms with van der Waals surface area (Å²) in [6, 6.07) is 2.44. The number of halogens is 2. The lowest BCUT2D eigenvalue weighted by molar-refractivity contribution is -0.133. The number of carbonyl (C=O) groups excluding carboxylic acids is 2. The van der Waals surface area contributed by atoms with E-state index in [9.17, 15) is 18.4 Å². The van der Waals surface area contributed by atoms with E-state index in [0.717, 1.165) is 23.5 Å². The van der Waals surface area contributed by atoms with Crippen molar-refractivity contribution >= 4 is 34.0 Å². The Kier molecular flexibility index (Phi) is 3.99. The Balaban J connectivity index is 2.02. The van der Waals surface area contributed by atoms with Crippen LogP contribution in [0.5, 0.6) is 0 Å². The fourth-order valence-corrected chi connectivity index (χ4v) is 1.90. The van der Waals surface area contributed by atoms with E-state index >= 15 is 0 Å². The molecule has 0 saturated carbocycles. The fraction of sp³-hybridized carbons (Fsp3) is 0.0909. The van der Waals surface area contributed by atoms with Crippen LogP contribution in [0.4, 0.5) is 19.6 Å². The smallest absolute Gasteiger partial charge is 0.315 e. The normalized spacial score (nSPS) is 10.2. The van der Waals surface area contributed by atoms with Gasteiger partial charge < -0.3 is 5.32 Å². The molecule has 0 radical (unpaired) electrons. The van der Waals surface area contributed by atoms with Crippen LogP contribution in [0.25, 0.3) is 0 Å². The summed E-state index contributed by atoms with van der Waals surface area (Å²) in [5, 5.41) is 12.3. The summed E-state index contributed by atoms with van der Waals surface area (Å²) in [5.41, 5.74) is -0.156. The van der Waals surface area contributed by atoms with E-state index in [1.807, 2.05) is 0 Å². The number of hydrogen-bond donors (Lipinski definition) is 2. The minimum absolute atomic E-state index is 0.156. The van der Waals surface area contributed by atoms with Crippen LogP contribution in [0.1, 0.15) is 5.01 Å². The lowest BCUT2D eigenvalue weighted by Gasteiger charge is -2.04. The van der Waals surface area contributed by atoms with Crippen molar-refractivity contribution in [3.05, 3.63) is 34.8 Å². The quantitative estimate of drug-likeness (QED) is 0.827. The van der Waals surface area contributed by atoms with Crippen LogP contribution >= 0.6 is 11.3 Å². The number of nitrogens with one attached hydrogen (secondary N) is 2. The molecule has 9 heteroatoms. The van der Waals surface area contributed by atoms with Gasteiger partial charge in [0.05, 0.1) is 0 Å². The summed E-state index contributed by atoms with van der Waals surface area (Å²) >= 11 is 1.09. The summed E-state index contributed by atoms with van der Waals surface area (Å²) in [5.74, 6) is -3.80. The summed E-state index contributed by atoms with van der Waals surface area (Å²) in [6.45, 7) is 1.68. The highest BCUT2D eigenvalue weighted by atomic mass is 32.1. The lowest BCUT2D eigenvalue weighted by Crippen LogP contribution is -2.29. The molecule has 1 aromatic carbocycles. The first-order chi connectivity index (χ1) is 9.44. The summed E-state index contributed by atoms with van der Waals surface area (Å²) in [6.07, 6.45) is 0. The first-order valence-electron chi connectivity index (χ1n) is 5.32. The third-order valence-corrected chi connectivity index (χ3v) is 2.83. The molecule has 0 aliphatic carbocycles. The number of nitrogens with zero attached hydrogens (tertiary/aromatic N) is 2. The van der Waals surface area contributed by atoms with Crippen LogP contribution < -0.4 is 10.6 Å². The van der Waals surface area contributed by atoms with Crippen LogP contribution in [0.2, 0.25) is 0 Å². The second-order valence-electron chi connectivity index (χ2n) is 3.69. The van der Waals surface area contributed by atoms with Crippen molar-refractivity contribution in [1.82, 2.24) is 10.2 Å². The van der Waals surface area contributed by atoms with Crippen molar-refractivity contribution in [2.45, 2.75) is 6.92 Å². The van der Waals surface area contributed by atoms with Gasteiger partial charge in [-0.25, -0.2) is 8.78 Å². The molecule has 2 N–H and O–H groups in total. The van der Waals surface area contributed by atoms with Gasteiger partial charge in [0.1, 0.15) is 16.6 Å². The molecule has 0 atom stereocenters. The Bertz CT molecular complexity index is 654. The zero-order valence-electron chi connectivity index (χ0n) is 10.1. The highest BCUT2D eigenvalue weighted by Gasteiger charge is 2.16. The molecule has 0 unspecified atom stereocenters. The highest BCUT2D eigenvalue weighted by molar-refractivity contribution is 7.15. The van der Waals surface area contributed by atoms with Gasteiger partial charge >= 0.3 is 11.8 Å². The zero-order chi connectivity index (χ0) is 14.7. The van der Waals surface area contributed by atoms with Crippen molar-refractivity contribution in [1.29, 1.82) is 0 Å². The Labute approximate surface area is 115 Å². The van der Waals surface area contributed by atoms with Crippen molar-refractivity contribution < 1.29 is 18.4 Å². The molecule has 0 saturated heterocycles. The maximum atomic E-state index is 12.9. The summed E-state index contributed by atoms with van der Waals surface area (Å²) in [7, 11) is 0. The molecular weight excluding hydrogens is 290 g/mol. The molecule has 0 aliphatic rings. The maximum absolute atomic E-state index is 12.9. The average Bonchev–Trinajstić information content (AvgIpc) is 2.73. The Morgan fingerprint density at radius 2 is 1.65 bits per heavy atom. The number of rotatable bonds is 2. The van der Waals surface area contributed by atoms with Crippen LogP contribution in [-0.2, 0) is 9.59 Å². The zero-order valence-corrected chi connectivity index (χ0v) is 10.9. The molecule has 0 aliphatic heterocycles. The Morgan fingerprint density at radius 3 is 2.20 bits per heavy atom. The van der Waals surface area contributed by atoms with Gasteiger partial charge in [0.2, 0.25) is 5.13 Å². The lowest BCUT2D eigenvalue weighted by atomic mass is 10.3. The van der Waals surface area contributed by atoms with E-state index in [0.29, 0.717) is 11.1 Å². The molecule has 2 rings (SSSR count). The number of aryl methyl sites for hydroxylation is 1. The van der Waals surface area contributed by atoms with Gasteiger partial charge in [-0.3, -0.25) is 14.9 Å². The van der Waals surface area contributed by atoms with E-state index in [1.165, 1.54) is 0 Å². The first-order valence-corrected chi connectivity index (χ1v) is 6.14. The number of carbonyl (C=O) groups is 2. The van der Waals surface area contributed by atoms with Crippen molar-refractivity contribution in [3.63, 3.8) is 0 Å². The molecule has 1 heterocycles. The molecule has 104 valence electrons. The van der Waals surface area contributed by atoms with Gasteiger partial charge in [0.15, 0.2) is 0 Å². The first kappa shape index (κ1) is 14.0. The molecule has 2 aromatic rings. The Morgan fingerprint density at radius 1 is 1.05 bits per heavy atom. The number of hydrogen-bond acceptors (Lipinski definition) is 5. The van der Waals surface area contributed by atoms with Crippen molar-refractivity contribution in [2.75, 3.05) is 10.6 Å². The minimum Gasteiger partial charge on any atom is -0.318 e. The molecule has 0 spiro atoms. The summed E-state index contributed by atoms with van der Waals surface area (Å²) in [4.78, 5) is 23.1. The van der Waals surface area contributed by atoms with Crippen LogP contribution in [0.15, 0.2) is 18.2 Å². The molecule has 0 bridgehead atoms. The van der Waals surface area contributed by atoms with Gasteiger partial charge in [0.25, 0.3) is 0 Å². The molecule has 1 aromatic heterocycles. The highest BCUT2D eigenvalue weighted by Crippen LogP contribution is 2.15. The second kappa shape index (κ2) is 5.70. The van der Waals surface area contributed by atoms with Crippen LogP contribution in [-0.4, -0.2) is 22.0 Å². The monoisotopic (exact) mass is 298 g/mol. The topological polar surface area (TPSA) is 84.0 Å². The molecule has 0 fully saturated rings. The second-order valence-corrected chi connectivity index (χ2v) is 4.87. The van der Waals surface area contributed by atoms with Gasteiger partial charge in [-0.2, -0.15) is 0 Å². The number of anilines is 2. The van der Waals surface area contributed by atoms with Crippen LogP contribution in [0, 0.1) is 18.6 Å². The van der Waals surface area contributed by atoms with Crippen molar-refractivity contribution in [2.24, 2.45) is 0 Å². The van der Waals surface area contributed by atoms with Gasteiger partial charge in [-0.1, -0.05) is 11.3 Å². The van der Waals surface area contributed by atoms with E-state index in [1.54, 1.807) is 6.92 Å². The maximum Gasteiger partial charge on any atom is 0.315 e. The predicted molar refractivity (Wildman–Crippen MR) is 68.3 cm³/mol. The van der Waals surface area contributed by atoms with Gasteiger partial charge in [0, 0.05) is 11.8 Å². The van der Waals surface area contributed by atoms with E-state index < -0.39 is 23.4 Å². The third-order valence-electron chi connectivity index (χ3n) is 2.07. The standard InChI is InChI=1S/C11H8F2N4O2S/c1-5-16-17-11(20-5)15-10(19)9(18)14-8-3-6(12)2-7(13)4-8/h2-4H,1H3,(H,14,18)(H,15,17,19). The largest absolute Gasteiger partial charge is 0.318 e. The molecule has 6 nitrogen and oxygen atoms in total. The molecule has 20 heavy (non-hydrogen) atoms. The van der Waals surface area contributed by atoms with Gasteiger partial charge in [-0.05, 0) is 19.1 Å². The number of aromatic nitrogens is 2. The average molecular weight is 298 g/mol.